The summed E-state index contributed by atoms with van der Waals surface area (Å²) in [6.45, 7) is 3.80. The lowest BCUT2D eigenvalue weighted by molar-refractivity contribution is 0.737. The Morgan fingerprint density at radius 2 is 2.00 bits per heavy atom. The number of aromatic nitrogens is 2. The van der Waals surface area contributed by atoms with Gasteiger partial charge in [0.1, 0.15) is 5.82 Å². The maximum absolute atomic E-state index is 5.88. The van der Waals surface area contributed by atoms with Crippen LogP contribution in [0.2, 0.25) is 5.28 Å². The quantitative estimate of drug-likeness (QED) is 0.653. The Hall–Kier alpha value is -1.79. The van der Waals surface area contributed by atoms with E-state index in [1.165, 1.54) is 0 Å². The lowest BCUT2D eigenvalue weighted by atomic mass is 10.1. The number of hydrogen-bond donors (Lipinski definition) is 1. The third kappa shape index (κ3) is 2.48. The maximum atomic E-state index is 5.88. The highest BCUT2D eigenvalue weighted by Crippen LogP contribution is 2.24. The summed E-state index contributed by atoms with van der Waals surface area (Å²) in [5.41, 5.74) is 0.309. The first-order valence-electron chi connectivity index (χ1n) is 5.20. The summed E-state index contributed by atoms with van der Waals surface area (Å²) in [6, 6.07) is 7.65. The Kier molecular flexibility index (Phi) is 2.91. The van der Waals surface area contributed by atoms with E-state index in [-0.39, 0.29) is 5.28 Å². The first-order valence-corrected chi connectivity index (χ1v) is 5.58. The number of rotatable bonds is 2. The summed E-state index contributed by atoms with van der Waals surface area (Å²) in [6.07, 6.45) is 5.45. The van der Waals surface area contributed by atoms with Crippen LogP contribution in [0.3, 0.4) is 0 Å². The summed E-state index contributed by atoms with van der Waals surface area (Å²) < 4.78 is 0. The molecule has 0 fully saturated rings. The topological polar surface area (TPSA) is 37.8 Å². The molecule has 1 N–H and O–H groups in total. The molecule has 1 aromatic heterocycles. The molecule has 0 saturated heterocycles. The van der Waals surface area contributed by atoms with Crippen molar-refractivity contribution in [2.75, 3.05) is 5.32 Å². The van der Waals surface area contributed by atoms with Crippen LogP contribution in [0.15, 0.2) is 24.3 Å². The molecule has 0 aliphatic heterocycles. The molecular formula is C13H12ClN3. The molecule has 1 heterocycles. The van der Waals surface area contributed by atoms with Gasteiger partial charge in [0, 0.05) is 5.39 Å². The monoisotopic (exact) mass is 245 g/mol. The zero-order valence-electron chi connectivity index (χ0n) is 9.66. The van der Waals surface area contributed by atoms with E-state index in [9.17, 15) is 0 Å². The van der Waals surface area contributed by atoms with Gasteiger partial charge in [-0.25, -0.2) is 9.97 Å². The standard InChI is InChI=1S/C13H12ClN3/c1-4-13(2,3)17-11-9-7-5-6-8-10(9)15-12(14)16-11/h1,5-8H,2-3H3,(H,15,16,17). The zero-order chi connectivity index (χ0) is 12.5. The second-order valence-corrected chi connectivity index (χ2v) is 4.59. The SMILES string of the molecule is C#CC(C)(C)Nc1nc(Cl)nc2ccccc12. The van der Waals surface area contributed by atoms with Gasteiger partial charge in [-0.05, 0) is 37.6 Å². The average Bonchev–Trinajstić information content (AvgIpc) is 2.28. The number of anilines is 1. The number of hydrogen-bond acceptors (Lipinski definition) is 3. The molecule has 0 aliphatic carbocycles. The first kappa shape index (κ1) is 11.7. The van der Waals surface area contributed by atoms with Gasteiger partial charge in [0.15, 0.2) is 0 Å². The minimum absolute atomic E-state index is 0.207. The van der Waals surface area contributed by atoms with Crippen LogP contribution in [-0.4, -0.2) is 15.5 Å². The number of para-hydroxylation sites is 1. The van der Waals surface area contributed by atoms with Gasteiger partial charge in [-0.3, -0.25) is 0 Å². The van der Waals surface area contributed by atoms with Gasteiger partial charge >= 0.3 is 0 Å². The summed E-state index contributed by atoms with van der Waals surface area (Å²) in [7, 11) is 0. The van der Waals surface area contributed by atoms with E-state index in [1.54, 1.807) is 0 Å². The fourth-order valence-electron chi connectivity index (χ4n) is 1.48. The Bertz CT molecular complexity index is 599. The fraction of sp³-hybridized carbons (Fsp3) is 0.231. The van der Waals surface area contributed by atoms with Crippen LogP contribution in [0.25, 0.3) is 10.9 Å². The molecule has 0 bridgehead atoms. The van der Waals surface area contributed by atoms with Crippen molar-refractivity contribution >= 4 is 28.3 Å². The van der Waals surface area contributed by atoms with Gasteiger partial charge in [-0.2, -0.15) is 0 Å². The third-order valence-corrected chi connectivity index (χ3v) is 2.54. The van der Waals surface area contributed by atoms with Crippen molar-refractivity contribution < 1.29 is 0 Å². The molecule has 0 atom stereocenters. The van der Waals surface area contributed by atoms with Gasteiger partial charge in [-0.15, -0.1) is 6.42 Å². The Labute approximate surface area is 105 Å². The lowest BCUT2D eigenvalue weighted by Gasteiger charge is -2.21. The molecule has 2 aromatic rings. The van der Waals surface area contributed by atoms with Crippen LogP contribution in [0, 0.1) is 12.3 Å². The van der Waals surface area contributed by atoms with E-state index in [0.717, 1.165) is 10.9 Å². The highest BCUT2D eigenvalue weighted by molar-refractivity contribution is 6.28. The maximum Gasteiger partial charge on any atom is 0.224 e. The molecular weight excluding hydrogens is 234 g/mol. The van der Waals surface area contributed by atoms with E-state index in [4.69, 9.17) is 18.0 Å². The van der Waals surface area contributed by atoms with Crippen LogP contribution < -0.4 is 5.32 Å². The highest BCUT2D eigenvalue weighted by atomic mass is 35.5. The van der Waals surface area contributed by atoms with E-state index < -0.39 is 5.54 Å². The van der Waals surface area contributed by atoms with E-state index in [1.807, 2.05) is 38.1 Å². The van der Waals surface area contributed by atoms with Crippen molar-refractivity contribution in [2.45, 2.75) is 19.4 Å². The largest absolute Gasteiger partial charge is 0.354 e. The number of halogens is 1. The smallest absolute Gasteiger partial charge is 0.224 e. The first-order chi connectivity index (χ1) is 8.02. The van der Waals surface area contributed by atoms with Gasteiger partial charge in [-0.1, -0.05) is 18.1 Å². The predicted molar refractivity (Wildman–Crippen MR) is 71.1 cm³/mol. The molecule has 2 rings (SSSR count). The number of nitrogens with one attached hydrogen (secondary N) is 1. The normalized spacial score (nSPS) is 11.2. The number of fused-ring (bicyclic) bond motifs is 1. The summed E-state index contributed by atoms with van der Waals surface area (Å²) >= 11 is 5.88. The fourth-order valence-corrected chi connectivity index (χ4v) is 1.65. The van der Waals surface area contributed by atoms with Crippen molar-refractivity contribution in [1.82, 2.24) is 9.97 Å². The molecule has 0 unspecified atom stereocenters. The van der Waals surface area contributed by atoms with Crippen LogP contribution in [-0.2, 0) is 0 Å². The number of nitrogens with zero attached hydrogens (tertiary/aromatic N) is 2. The second-order valence-electron chi connectivity index (χ2n) is 4.25. The average molecular weight is 246 g/mol. The van der Waals surface area contributed by atoms with Gasteiger partial charge < -0.3 is 5.32 Å². The molecule has 0 spiro atoms. The minimum Gasteiger partial charge on any atom is -0.354 e. The lowest BCUT2D eigenvalue weighted by Crippen LogP contribution is -2.29. The number of benzene rings is 1. The molecule has 0 radical (unpaired) electrons. The second kappa shape index (κ2) is 4.23. The molecule has 17 heavy (non-hydrogen) atoms. The molecule has 0 amide bonds. The van der Waals surface area contributed by atoms with Crippen molar-refractivity contribution in [3.63, 3.8) is 0 Å². The van der Waals surface area contributed by atoms with Crippen LogP contribution >= 0.6 is 11.6 Å². The van der Waals surface area contributed by atoms with Gasteiger partial charge in [0.2, 0.25) is 5.28 Å². The van der Waals surface area contributed by atoms with Crippen LogP contribution in [0.5, 0.6) is 0 Å². The molecule has 1 aromatic carbocycles. The summed E-state index contributed by atoms with van der Waals surface area (Å²) in [5.74, 6) is 3.32. The Morgan fingerprint density at radius 1 is 1.29 bits per heavy atom. The van der Waals surface area contributed by atoms with Crippen LogP contribution in [0.1, 0.15) is 13.8 Å². The van der Waals surface area contributed by atoms with Crippen molar-refractivity contribution in [3.8, 4) is 12.3 Å². The van der Waals surface area contributed by atoms with E-state index in [2.05, 4.69) is 21.2 Å². The third-order valence-electron chi connectivity index (χ3n) is 2.37. The summed E-state index contributed by atoms with van der Waals surface area (Å²) in [5, 5.41) is 4.29. The van der Waals surface area contributed by atoms with Crippen molar-refractivity contribution in [1.29, 1.82) is 0 Å². The van der Waals surface area contributed by atoms with Crippen molar-refractivity contribution in [2.24, 2.45) is 0 Å². The Balaban J connectivity index is 2.57. The van der Waals surface area contributed by atoms with Crippen LogP contribution in [0.4, 0.5) is 5.82 Å². The molecule has 86 valence electrons. The Morgan fingerprint density at radius 3 is 2.71 bits per heavy atom. The molecule has 0 saturated carbocycles. The summed E-state index contributed by atoms with van der Waals surface area (Å²) in [4.78, 5) is 8.34. The van der Waals surface area contributed by atoms with Gasteiger partial charge in [0.25, 0.3) is 0 Å². The van der Waals surface area contributed by atoms with Gasteiger partial charge in [0.05, 0.1) is 11.1 Å². The molecule has 4 heteroatoms. The van der Waals surface area contributed by atoms with E-state index in [0.29, 0.717) is 5.82 Å². The number of terminal acetylenes is 1. The minimum atomic E-state index is -0.486. The highest BCUT2D eigenvalue weighted by Gasteiger charge is 2.16. The predicted octanol–water partition coefficient (Wildman–Crippen LogP) is 3.11. The zero-order valence-corrected chi connectivity index (χ0v) is 10.4. The van der Waals surface area contributed by atoms with E-state index >= 15 is 0 Å². The molecule has 3 nitrogen and oxygen atoms in total. The molecule has 0 aliphatic rings. The van der Waals surface area contributed by atoms with Crippen molar-refractivity contribution in [3.05, 3.63) is 29.5 Å².